The van der Waals surface area contributed by atoms with Gasteiger partial charge in [-0.2, -0.15) is 0 Å². The van der Waals surface area contributed by atoms with Crippen molar-refractivity contribution in [3.8, 4) is 0 Å². The minimum Gasteiger partial charge on any atom is -0.503 e. The first-order valence-corrected chi connectivity index (χ1v) is 0.781. The Morgan fingerprint density at radius 1 is 1.43 bits per heavy atom. The van der Waals surface area contributed by atoms with Gasteiger partial charge in [0, 0.05) is 50.1 Å². The summed E-state index contributed by atoms with van der Waals surface area (Å²) in [4.78, 5) is 8.89. The van der Waals surface area contributed by atoms with E-state index in [9.17, 15) is 0 Å². The predicted octanol–water partition coefficient (Wildman–Crippen LogP) is -0.102. The fraction of sp³-hybridized carbons (Fsp3) is 0. The summed E-state index contributed by atoms with van der Waals surface area (Å²) in [5, 5.41) is 7.31. The van der Waals surface area contributed by atoms with E-state index in [0.717, 1.165) is 0 Å². The zero-order valence-corrected chi connectivity index (χ0v) is 6.23. The van der Waals surface area contributed by atoms with Crippen molar-refractivity contribution in [2.75, 3.05) is 0 Å². The molecule has 5 heteroatoms. The quantitative estimate of drug-likeness (QED) is 0.467. The predicted molar refractivity (Wildman–Crippen MR) is 13.0 cm³/mol. The zero-order chi connectivity index (χ0) is 3.58. The van der Waals surface area contributed by atoms with Crippen molar-refractivity contribution in [3.63, 3.8) is 0 Å². The molecule has 0 saturated carbocycles. The SMILES string of the molecule is [CH2-]C(=O)O.[Mn].[Ni].[Ni]. The van der Waals surface area contributed by atoms with E-state index < -0.39 is 5.97 Å². The van der Waals surface area contributed by atoms with Crippen molar-refractivity contribution in [2.45, 2.75) is 0 Å². The Bertz CT molecular complexity index is 36.7. The second-order valence-electron chi connectivity index (χ2n) is 0.394. The van der Waals surface area contributed by atoms with Crippen molar-refractivity contribution in [1.29, 1.82) is 0 Å². The Labute approximate surface area is 72.7 Å². The third-order valence-electron chi connectivity index (χ3n) is 0. The van der Waals surface area contributed by atoms with Gasteiger partial charge >= 0.3 is 0 Å². The van der Waals surface area contributed by atoms with Crippen molar-refractivity contribution in [2.24, 2.45) is 0 Å². The van der Waals surface area contributed by atoms with Gasteiger partial charge in [0.2, 0.25) is 0 Å². The Morgan fingerprint density at radius 2 is 1.43 bits per heavy atom. The maximum atomic E-state index is 8.89. The molecule has 0 spiro atoms. The number of aliphatic carboxylic acids is 1. The van der Waals surface area contributed by atoms with Crippen LogP contribution in [0.15, 0.2) is 0 Å². The molecule has 0 fully saturated rings. The van der Waals surface area contributed by atoms with Crippen LogP contribution in [0, 0.1) is 6.92 Å². The topological polar surface area (TPSA) is 37.3 Å². The molecule has 0 aromatic rings. The van der Waals surface area contributed by atoms with Crippen molar-refractivity contribution in [1.82, 2.24) is 0 Å². The van der Waals surface area contributed by atoms with E-state index in [2.05, 4.69) is 6.92 Å². The number of hydrogen-bond donors (Lipinski definition) is 1. The third kappa shape index (κ3) is 224. The Kier molecular flexibility index (Phi) is 56.2. The van der Waals surface area contributed by atoms with E-state index >= 15 is 0 Å². The van der Waals surface area contributed by atoms with Crippen LogP contribution in [0.1, 0.15) is 0 Å². The molecule has 0 bridgehead atoms. The number of carboxylic acids is 1. The summed E-state index contributed by atoms with van der Waals surface area (Å²) >= 11 is 0. The summed E-state index contributed by atoms with van der Waals surface area (Å²) in [6, 6.07) is 0. The van der Waals surface area contributed by atoms with Gasteiger partial charge in [-0.1, -0.05) is 0 Å². The van der Waals surface area contributed by atoms with Gasteiger partial charge in [-0.25, -0.2) is 0 Å². The van der Waals surface area contributed by atoms with E-state index in [1.54, 1.807) is 0 Å². The molecule has 7 heavy (non-hydrogen) atoms. The van der Waals surface area contributed by atoms with Gasteiger partial charge in [0.05, 0.1) is 0 Å². The fourth-order valence-electron chi connectivity index (χ4n) is 0. The van der Waals surface area contributed by atoms with Crippen LogP contribution >= 0.6 is 0 Å². The molecule has 0 unspecified atom stereocenters. The summed E-state index contributed by atoms with van der Waals surface area (Å²) in [6.07, 6.45) is 0. The molecular formula is C2H3MnNi2O2-. The van der Waals surface area contributed by atoms with Crippen molar-refractivity contribution in [3.05, 3.63) is 6.92 Å². The van der Waals surface area contributed by atoms with Gasteiger partial charge < -0.3 is 5.11 Å². The van der Waals surface area contributed by atoms with E-state index in [1.807, 2.05) is 0 Å². The molecule has 0 aliphatic carbocycles. The number of rotatable bonds is 0. The average molecular weight is 231 g/mol. The van der Waals surface area contributed by atoms with Crippen LogP contribution in [0.25, 0.3) is 0 Å². The maximum absolute atomic E-state index is 8.89. The number of carboxylic acid groups (broad SMARTS) is 1. The molecule has 0 aromatic heterocycles. The van der Waals surface area contributed by atoms with Crippen LogP contribution in [-0.2, 0) is 54.8 Å². The van der Waals surface area contributed by atoms with Gasteiger partial charge in [0.1, 0.15) is 0 Å². The first-order valence-electron chi connectivity index (χ1n) is 0.781. The molecule has 0 saturated heterocycles. The fourth-order valence-corrected chi connectivity index (χ4v) is 0. The molecule has 0 aliphatic rings. The minimum absolute atomic E-state index is 0. The summed E-state index contributed by atoms with van der Waals surface area (Å²) in [5.74, 6) is -1.08. The largest absolute Gasteiger partial charge is 0.503 e. The maximum Gasteiger partial charge on any atom is 0.161 e. The first-order chi connectivity index (χ1) is 1.73. The molecule has 1 radical (unpaired) electrons. The Hall–Kier alpha value is 0.846. The Balaban J connectivity index is -0.0000000150. The zero-order valence-electron chi connectivity index (χ0n) is 3.07. The summed E-state index contributed by atoms with van der Waals surface area (Å²) in [7, 11) is 0. The third-order valence-corrected chi connectivity index (χ3v) is 0. The molecule has 0 heterocycles. The van der Waals surface area contributed by atoms with Crippen LogP contribution < -0.4 is 0 Å². The van der Waals surface area contributed by atoms with E-state index in [1.165, 1.54) is 0 Å². The Morgan fingerprint density at radius 3 is 1.43 bits per heavy atom. The second kappa shape index (κ2) is 15.8. The minimum atomic E-state index is -1.08. The van der Waals surface area contributed by atoms with Crippen LogP contribution in [0.5, 0.6) is 0 Å². The van der Waals surface area contributed by atoms with Crippen molar-refractivity contribution >= 4 is 5.97 Å². The van der Waals surface area contributed by atoms with Gasteiger partial charge in [0.15, 0.2) is 5.97 Å². The molecule has 2 nitrogen and oxygen atoms in total. The van der Waals surface area contributed by atoms with Crippen LogP contribution in [0.4, 0.5) is 0 Å². The normalized spacial score (nSPS) is 3.43. The average Bonchev–Trinajstić information content (AvgIpc) is 0.811. The van der Waals surface area contributed by atoms with Gasteiger partial charge in [0.25, 0.3) is 0 Å². The summed E-state index contributed by atoms with van der Waals surface area (Å²) < 4.78 is 0. The molecule has 0 amide bonds. The molecule has 0 aliphatic heterocycles. The number of hydrogen-bond acceptors (Lipinski definition) is 1. The molecule has 51 valence electrons. The molecule has 1 N–H and O–H groups in total. The summed E-state index contributed by atoms with van der Waals surface area (Å²) in [6.45, 7) is 2.56. The second-order valence-corrected chi connectivity index (χ2v) is 0.394. The first kappa shape index (κ1) is 24.9. The van der Waals surface area contributed by atoms with E-state index in [0.29, 0.717) is 0 Å². The van der Waals surface area contributed by atoms with Gasteiger partial charge in [-0.3, -0.25) is 11.7 Å². The molecule has 0 aromatic carbocycles. The van der Waals surface area contributed by atoms with Crippen LogP contribution in [0.2, 0.25) is 0 Å². The van der Waals surface area contributed by atoms with Gasteiger partial charge in [-0.05, 0) is 0 Å². The van der Waals surface area contributed by atoms with Crippen molar-refractivity contribution < 1.29 is 60.0 Å². The van der Waals surface area contributed by atoms with Crippen LogP contribution in [0.3, 0.4) is 0 Å². The molecule has 0 rings (SSSR count). The summed E-state index contributed by atoms with van der Waals surface area (Å²) in [5.41, 5.74) is 0. The molecule has 0 atom stereocenters. The standard InChI is InChI=1S/C2H3O2.Mn.2Ni/c1-2(3)4;;;/h1H2,(H,3,4);;;/q-1;;;. The molecular weight excluding hydrogens is 228 g/mol. The van der Waals surface area contributed by atoms with Crippen LogP contribution in [-0.4, -0.2) is 11.1 Å². The smallest absolute Gasteiger partial charge is 0.161 e. The van der Waals surface area contributed by atoms with Gasteiger partial charge in [-0.15, -0.1) is 0 Å². The monoisotopic (exact) mass is 230 g/mol. The van der Waals surface area contributed by atoms with E-state index in [-0.39, 0.29) is 50.1 Å². The van der Waals surface area contributed by atoms with E-state index in [4.69, 9.17) is 9.90 Å². The number of carbonyl (C=O) groups is 1.